The molecule has 168 valence electrons. The van der Waals surface area contributed by atoms with Crippen LogP contribution in [-0.2, 0) is 14.6 Å². The molecule has 0 spiro atoms. The highest BCUT2D eigenvalue weighted by Crippen LogP contribution is 2.44. The first-order chi connectivity index (χ1) is 14.5. The Morgan fingerprint density at radius 2 is 1.65 bits per heavy atom. The predicted octanol–water partition coefficient (Wildman–Crippen LogP) is 7.77. The van der Waals surface area contributed by atoms with Crippen molar-refractivity contribution in [1.82, 2.24) is 0 Å². The van der Waals surface area contributed by atoms with Crippen LogP contribution in [0, 0.1) is 17.7 Å². The van der Waals surface area contributed by atoms with Crippen LogP contribution >= 0.6 is 0 Å². The third-order valence-corrected chi connectivity index (χ3v) is 7.14. The molecule has 0 aliphatic heterocycles. The molecule has 0 saturated heterocycles. The number of ether oxygens (including phenoxy) is 1. The molecule has 2 aromatic carbocycles. The van der Waals surface area contributed by atoms with Crippen molar-refractivity contribution in [2.75, 3.05) is 0 Å². The summed E-state index contributed by atoms with van der Waals surface area (Å²) in [6.07, 6.45) is 5.35. The van der Waals surface area contributed by atoms with E-state index in [1.165, 1.54) is 24.1 Å². The first-order valence-electron chi connectivity index (χ1n) is 11.4. The highest BCUT2D eigenvalue weighted by Gasteiger charge is 2.42. The van der Waals surface area contributed by atoms with E-state index >= 15 is 0 Å². The predicted molar refractivity (Wildman–Crippen MR) is 130 cm³/mol. The minimum absolute atomic E-state index is 0.00772. The molecule has 3 rings (SSSR count). The molecule has 0 unspecified atom stereocenters. The molecule has 2 nitrogen and oxygen atoms in total. The van der Waals surface area contributed by atoms with E-state index in [0.717, 1.165) is 18.4 Å². The Labute approximate surface area is 188 Å². The van der Waals surface area contributed by atoms with Gasteiger partial charge in [-0.25, -0.2) is 4.39 Å². The zero-order valence-corrected chi connectivity index (χ0v) is 20.8. The fraction of sp³-hybridized carbons (Fsp3) is 0.481. The highest BCUT2D eigenvalue weighted by atomic mass is 28.4. The van der Waals surface area contributed by atoms with E-state index in [4.69, 9.17) is 9.16 Å². The zero-order chi connectivity index (χ0) is 22.6. The van der Waals surface area contributed by atoms with Crippen molar-refractivity contribution in [3.05, 3.63) is 77.5 Å². The van der Waals surface area contributed by atoms with Gasteiger partial charge in [0.15, 0.2) is 0 Å². The van der Waals surface area contributed by atoms with Crippen molar-refractivity contribution in [3.63, 3.8) is 0 Å². The number of hydrogen-bond acceptors (Lipinski definition) is 2. The summed E-state index contributed by atoms with van der Waals surface area (Å²) in [5, 5.41) is 0. The molecule has 0 bridgehead atoms. The molecule has 1 saturated carbocycles. The Hall–Kier alpha value is -2.07. The summed E-state index contributed by atoms with van der Waals surface area (Å²) in [6.45, 7) is 13.5. The van der Waals surface area contributed by atoms with E-state index in [0.29, 0.717) is 17.8 Å². The maximum absolute atomic E-state index is 13.4. The Kier molecular flexibility index (Phi) is 7.30. The second-order valence-electron chi connectivity index (χ2n) is 10.5. The first kappa shape index (κ1) is 23.6. The van der Waals surface area contributed by atoms with Gasteiger partial charge in [-0.15, -0.1) is 0 Å². The lowest BCUT2D eigenvalue weighted by atomic mass is 9.64. The van der Waals surface area contributed by atoms with Gasteiger partial charge < -0.3 is 9.16 Å². The Balaban J connectivity index is 1.91. The summed E-state index contributed by atoms with van der Waals surface area (Å²) in [5.74, 6) is 1.33. The van der Waals surface area contributed by atoms with Crippen molar-refractivity contribution in [1.29, 1.82) is 0 Å². The molecule has 3 atom stereocenters. The van der Waals surface area contributed by atoms with E-state index < -0.39 is 8.32 Å². The van der Waals surface area contributed by atoms with Crippen LogP contribution in [0.2, 0.25) is 19.6 Å². The molecule has 1 aliphatic rings. The summed E-state index contributed by atoms with van der Waals surface area (Å²) >= 11 is 0. The Morgan fingerprint density at radius 3 is 2.26 bits per heavy atom. The second kappa shape index (κ2) is 9.60. The fourth-order valence-corrected chi connectivity index (χ4v) is 5.31. The van der Waals surface area contributed by atoms with Gasteiger partial charge in [0, 0.05) is 12.0 Å². The van der Waals surface area contributed by atoms with E-state index in [2.05, 4.69) is 70.7 Å². The maximum Gasteiger partial charge on any atom is 0.266 e. The van der Waals surface area contributed by atoms with Gasteiger partial charge in [-0.3, -0.25) is 0 Å². The lowest BCUT2D eigenvalue weighted by Crippen LogP contribution is -2.43. The van der Waals surface area contributed by atoms with E-state index in [9.17, 15) is 4.39 Å². The van der Waals surface area contributed by atoms with Crippen molar-refractivity contribution in [2.24, 2.45) is 11.8 Å². The molecule has 2 aromatic rings. The van der Waals surface area contributed by atoms with Gasteiger partial charge in [0.25, 0.3) is 5.95 Å². The highest BCUT2D eigenvalue weighted by molar-refractivity contribution is 6.70. The number of benzene rings is 2. The normalized spacial score (nSPS) is 22.8. The topological polar surface area (TPSA) is 18.5 Å². The third kappa shape index (κ3) is 6.46. The molecule has 1 fully saturated rings. The molecular formula is C27H37FO2Si. The van der Waals surface area contributed by atoms with Crippen molar-refractivity contribution < 1.29 is 13.6 Å². The van der Waals surface area contributed by atoms with Gasteiger partial charge in [0.05, 0.1) is 0 Å². The second-order valence-corrected chi connectivity index (χ2v) is 14.9. The molecular weight excluding hydrogens is 403 g/mol. The van der Waals surface area contributed by atoms with Crippen molar-refractivity contribution >= 4 is 14.4 Å². The average Bonchev–Trinajstić information content (AvgIpc) is 2.69. The summed E-state index contributed by atoms with van der Waals surface area (Å²) in [5.41, 5.74) is 2.22. The van der Waals surface area contributed by atoms with E-state index in [1.807, 2.05) is 6.08 Å². The van der Waals surface area contributed by atoms with Gasteiger partial charge in [0.1, 0.15) is 11.9 Å². The summed E-state index contributed by atoms with van der Waals surface area (Å²) in [7, 11) is -1.89. The summed E-state index contributed by atoms with van der Waals surface area (Å²) in [4.78, 5) is 0. The quantitative estimate of drug-likeness (QED) is 0.323. The SMILES string of the molecule is C[C@@H]1CC[C@@H](C(C)(C)c2ccccc2)[C@H](O/C(=C\c2ccc(F)cc2)O[Si](C)(C)C)C1. The molecule has 1 aliphatic carbocycles. The zero-order valence-electron chi connectivity index (χ0n) is 19.8. The maximum atomic E-state index is 13.4. The number of hydrogen-bond donors (Lipinski definition) is 0. The minimum atomic E-state index is -1.89. The summed E-state index contributed by atoms with van der Waals surface area (Å²) < 4.78 is 26.4. The van der Waals surface area contributed by atoms with Gasteiger partial charge >= 0.3 is 0 Å². The van der Waals surface area contributed by atoms with Crippen LogP contribution in [0.1, 0.15) is 51.2 Å². The Morgan fingerprint density at radius 1 is 1.00 bits per heavy atom. The van der Waals surface area contributed by atoms with E-state index in [1.54, 1.807) is 12.1 Å². The first-order valence-corrected chi connectivity index (χ1v) is 14.8. The molecule has 0 aromatic heterocycles. The fourth-order valence-electron chi connectivity index (χ4n) is 4.60. The molecule has 0 N–H and O–H groups in total. The monoisotopic (exact) mass is 440 g/mol. The van der Waals surface area contributed by atoms with Gasteiger partial charge in [-0.2, -0.15) is 0 Å². The molecule has 0 radical (unpaired) electrons. The summed E-state index contributed by atoms with van der Waals surface area (Å²) in [6, 6.07) is 17.2. The van der Waals surface area contributed by atoms with Gasteiger partial charge in [-0.05, 0) is 67.1 Å². The minimum Gasteiger partial charge on any atom is -0.520 e. The molecule has 0 amide bonds. The lowest BCUT2D eigenvalue weighted by Gasteiger charge is -2.44. The van der Waals surface area contributed by atoms with Crippen LogP contribution in [-0.4, -0.2) is 14.4 Å². The molecule has 0 heterocycles. The number of halogens is 1. The van der Waals surface area contributed by atoms with Gasteiger partial charge in [-0.1, -0.05) is 69.7 Å². The Bertz CT molecular complexity index is 868. The van der Waals surface area contributed by atoms with Crippen LogP contribution < -0.4 is 0 Å². The van der Waals surface area contributed by atoms with Gasteiger partial charge in [0.2, 0.25) is 8.32 Å². The lowest BCUT2D eigenvalue weighted by molar-refractivity contribution is -0.0447. The van der Waals surface area contributed by atoms with Crippen LogP contribution in [0.3, 0.4) is 0 Å². The van der Waals surface area contributed by atoms with Crippen LogP contribution in [0.5, 0.6) is 0 Å². The third-order valence-electron chi connectivity index (χ3n) is 6.33. The van der Waals surface area contributed by atoms with Crippen LogP contribution in [0.25, 0.3) is 6.08 Å². The standard InChI is InChI=1S/C27H37FO2Si/c1-20-12-17-24(27(2,3)22-10-8-7-9-11-22)25(18-20)29-26(30-31(4,5)6)19-21-13-15-23(28)16-14-21/h7-11,13-16,19-20,24-25H,12,17-18H2,1-6H3/b26-19+/t20-,24-,25-/m1/s1. The van der Waals surface area contributed by atoms with Crippen LogP contribution in [0.15, 0.2) is 60.5 Å². The van der Waals surface area contributed by atoms with Crippen LogP contribution in [0.4, 0.5) is 4.39 Å². The molecule has 31 heavy (non-hydrogen) atoms. The number of rotatable bonds is 7. The smallest absolute Gasteiger partial charge is 0.266 e. The molecule has 4 heteroatoms. The largest absolute Gasteiger partial charge is 0.520 e. The van der Waals surface area contributed by atoms with Crippen molar-refractivity contribution in [3.8, 4) is 0 Å². The van der Waals surface area contributed by atoms with E-state index in [-0.39, 0.29) is 17.3 Å². The van der Waals surface area contributed by atoms with Crippen molar-refractivity contribution in [2.45, 2.75) is 71.2 Å². The average molecular weight is 441 g/mol.